The quantitative estimate of drug-likeness (QED) is 0.793. The van der Waals surface area contributed by atoms with Crippen LogP contribution < -0.4 is 5.32 Å². The summed E-state index contributed by atoms with van der Waals surface area (Å²) in [6.45, 7) is 8.76. The highest BCUT2D eigenvalue weighted by Crippen LogP contribution is 2.11. The van der Waals surface area contributed by atoms with Gasteiger partial charge in [0.15, 0.2) is 12.0 Å². The van der Waals surface area contributed by atoms with Crippen LogP contribution in [0.25, 0.3) is 0 Å². The van der Waals surface area contributed by atoms with Crippen molar-refractivity contribution in [2.45, 2.75) is 33.0 Å². The summed E-state index contributed by atoms with van der Waals surface area (Å²) < 4.78 is 6.69. The molecule has 0 fully saturated rings. The molecule has 0 saturated carbocycles. The highest BCUT2D eigenvalue weighted by Gasteiger charge is 2.19. The molecule has 0 radical (unpaired) electrons. The van der Waals surface area contributed by atoms with Crippen molar-refractivity contribution in [2.75, 3.05) is 0 Å². The molecule has 0 aliphatic heterocycles. The molecule has 1 aromatic rings. The molecule has 0 aromatic carbocycles. The normalized spacial score (nSPS) is 12.3. The van der Waals surface area contributed by atoms with Gasteiger partial charge in [-0.2, -0.15) is 0 Å². The van der Waals surface area contributed by atoms with E-state index in [0.717, 1.165) is 5.82 Å². The van der Waals surface area contributed by atoms with Gasteiger partial charge < -0.3 is 9.30 Å². The highest BCUT2D eigenvalue weighted by atomic mass is 16.6. The van der Waals surface area contributed by atoms with E-state index in [2.05, 4.69) is 27.2 Å². The van der Waals surface area contributed by atoms with Crippen molar-refractivity contribution >= 4 is 12.8 Å². The van der Waals surface area contributed by atoms with Crippen LogP contribution >= 0.6 is 0 Å². The van der Waals surface area contributed by atoms with Gasteiger partial charge in [-0.25, -0.2) is 4.79 Å². The smallest absolute Gasteiger partial charge is 0.409 e. The van der Waals surface area contributed by atoms with Crippen molar-refractivity contribution in [1.29, 1.82) is 0 Å². The van der Waals surface area contributed by atoms with Crippen LogP contribution in [0.2, 0.25) is 0 Å². The van der Waals surface area contributed by atoms with Gasteiger partial charge in [-0.3, -0.25) is 10.3 Å². The lowest BCUT2D eigenvalue weighted by atomic mass is 10.4. The summed E-state index contributed by atoms with van der Waals surface area (Å²) in [5.41, 5.74) is 0. The van der Waals surface area contributed by atoms with Gasteiger partial charge in [-0.15, -0.1) is 10.2 Å². The zero-order valence-corrected chi connectivity index (χ0v) is 10.5. The second-order valence-corrected chi connectivity index (χ2v) is 3.85. The molecule has 1 amide bonds. The highest BCUT2D eigenvalue weighted by molar-refractivity contribution is 5.68. The van der Waals surface area contributed by atoms with Gasteiger partial charge in [0.05, 0.1) is 6.10 Å². The molecule has 0 saturated heterocycles. The number of hydrogen-bond donors (Lipinski definition) is 1. The first-order chi connectivity index (χ1) is 7.95. The number of ether oxygens (including phenoxy) is 1. The maximum absolute atomic E-state index is 11.4. The molecule has 7 heteroatoms. The molecule has 17 heavy (non-hydrogen) atoms. The molecular formula is C10H17N5O2. The van der Waals surface area contributed by atoms with E-state index in [-0.39, 0.29) is 6.10 Å². The summed E-state index contributed by atoms with van der Waals surface area (Å²) >= 11 is 0. The summed E-state index contributed by atoms with van der Waals surface area (Å²) in [5.74, 6) is 1.24. The number of nitrogens with one attached hydrogen (secondary N) is 1. The molecule has 7 nitrogen and oxygen atoms in total. The molecule has 1 rings (SSSR count). The Morgan fingerprint density at radius 1 is 1.53 bits per heavy atom. The van der Waals surface area contributed by atoms with Crippen molar-refractivity contribution in [2.24, 2.45) is 12.0 Å². The summed E-state index contributed by atoms with van der Waals surface area (Å²) in [5, 5.41) is 10.4. The Labute approximate surface area is 99.9 Å². The maximum atomic E-state index is 11.4. The third-order valence-electron chi connectivity index (χ3n) is 2.15. The predicted octanol–water partition coefficient (Wildman–Crippen LogP) is 0.957. The standard InChI is InChI=1S/C10H17N5O2/c1-6(2)17-10(16)12-8(11-4)9-14-13-7(3)15(9)5/h6,8H,4H2,1-3,5H3,(H,12,16). The number of carbonyl (C=O) groups excluding carboxylic acids is 1. The zero-order valence-electron chi connectivity index (χ0n) is 10.5. The van der Waals surface area contributed by atoms with E-state index in [1.165, 1.54) is 0 Å². The first kappa shape index (κ1) is 13.1. The number of hydrogen-bond acceptors (Lipinski definition) is 5. The van der Waals surface area contributed by atoms with Crippen LogP contribution in [0.15, 0.2) is 4.99 Å². The fraction of sp³-hybridized carbons (Fsp3) is 0.600. The van der Waals surface area contributed by atoms with E-state index in [1.54, 1.807) is 25.5 Å². The number of rotatable bonds is 4. The molecule has 0 aliphatic carbocycles. The van der Waals surface area contributed by atoms with Gasteiger partial charge >= 0.3 is 6.09 Å². The lowest BCUT2D eigenvalue weighted by Gasteiger charge is -2.14. The maximum Gasteiger partial charge on any atom is 0.409 e. The van der Waals surface area contributed by atoms with Gasteiger partial charge in [0, 0.05) is 7.05 Å². The van der Waals surface area contributed by atoms with E-state index in [1.807, 2.05) is 6.92 Å². The van der Waals surface area contributed by atoms with Crippen molar-refractivity contribution < 1.29 is 9.53 Å². The van der Waals surface area contributed by atoms with E-state index >= 15 is 0 Å². The lowest BCUT2D eigenvalue weighted by molar-refractivity contribution is 0.112. The molecule has 1 atom stereocenters. The fourth-order valence-corrected chi connectivity index (χ4v) is 1.21. The van der Waals surface area contributed by atoms with Crippen molar-refractivity contribution in [1.82, 2.24) is 20.1 Å². The largest absolute Gasteiger partial charge is 0.447 e. The Hall–Kier alpha value is -1.92. The Morgan fingerprint density at radius 3 is 2.59 bits per heavy atom. The molecule has 94 valence electrons. The van der Waals surface area contributed by atoms with Crippen LogP contribution in [0.4, 0.5) is 4.79 Å². The average molecular weight is 239 g/mol. The first-order valence-electron chi connectivity index (χ1n) is 5.24. The Kier molecular flexibility index (Phi) is 4.19. The Bertz CT molecular complexity index is 413. The van der Waals surface area contributed by atoms with Crippen LogP contribution in [0.1, 0.15) is 31.7 Å². The van der Waals surface area contributed by atoms with E-state index in [9.17, 15) is 4.79 Å². The van der Waals surface area contributed by atoms with Crippen LogP contribution in [0.3, 0.4) is 0 Å². The minimum atomic E-state index is -0.660. The van der Waals surface area contributed by atoms with E-state index in [0.29, 0.717) is 5.82 Å². The molecule has 1 unspecified atom stereocenters. The summed E-state index contributed by atoms with van der Waals surface area (Å²) in [6.07, 6.45) is -1.41. The number of nitrogens with zero attached hydrogens (tertiary/aromatic N) is 4. The molecular weight excluding hydrogens is 222 g/mol. The van der Waals surface area contributed by atoms with Gasteiger partial charge in [0.25, 0.3) is 0 Å². The predicted molar refractivity (Wildman–Crippen MR) is 62.8 cm³/mol. The summed E-state index contributed by atoms with van der Waals surface area (Å²) in [6, 6.07) is 0. The van der Waals surface area contributed by atoms with Gasteiger partial charge in [0.2, 0.25) is 0 Å². The number of carbonyl (C=O) groups is 1. The second kappa shape index (κ2) is 5.42. The molecule has 0 spiro atoms. The number of amides is 1. The van der Waals surface area contributed by atoms with Crippen LogP contribution in [0, 0.1) is 6.92 Å². The summed E-state index contributed by atoms with van der Waals surface area (Å²) in [7, 11) is 1.79. The van der Waals surface area contributed by atoms with E-state index in [4.69, 9.17) is 4.74 Å². The van der Waals surface area contributed by atoms with Gasteiger partial charge in [-0.1, -0.05) is 0 Å². The topological polar surface area (TPSA) is 81.4 Å². The third-order valence-corrected chi connectivity index (χ3v) is 2.15. The van der Waals surface area contributed by atoms with E-state index < -0.39 is 12.3 Å². The minimum absolute atomic E-state index is 0.193. The minimum Gasteiger partial charge on any atom is -0.447 e. The number of aryl methyl sites for hydroxylation is 1. The second-order valence-electron chi connectivity index (χ2n) is 3.85. The third kappa shape index (κ3) is 3.27. The van der Waals surface area contributed by atoms with Crippen LogP contribution in [-0.4, -0.2) is 33.7 Å². The lowest BCUT2D eigenvalue weighted by Crippen LogP contribution is -2.31. The SMILES string of the molecule is C=NC(NC(=O)OC(C)C)c1nnc(C)n1C. The monoisotopic (exact) mass is 239 g/mol. The molecule has 1 N–H and O–H groups in total. The van der Waals surface area contributed by atoms with Crippen LogP contribution in [0.5, 0.6) is 0 Å². The Morgan fingerprint density at radius 2 is 2.18 bits per heavy atom. The first-order valence-corrected chi connectivity index (χ1v) is 5.24. The molecule has 1 aromatic heterocycles. The number of aliphatic imine (C=N–C) groups is 1. The fourth-order valence-electron chi connectivity index (χ4n) is 1.21. The van der Waals surface area contributed by atoms with Crippen molar-refractivity contribution in [3.63, 3.8) is 0 Å². The zero-order chi connectivity index (χ0) is 13.0. The van der Waals surface area contributed by atoms with Gasteiger partial charge in [-0.05, 0) is 27.5 Å². The number of alkyl carbamates (subject to hydrolysis) is 1. The van der Waals surface area contributed by atoms with Crippen molar-refractivity contribution in [3.8, 4) is 0 Å². The Balaban J connectivity index is 2.76. The van der Waals surface area contributed by atoms with Crippen molar-refractivity contribution in [3.05, 3.63) is 11.6 Å². The van der Waals surface area contributed by atoms with Crippen LogP contribution in [-0.2, 0) is 11.8 Å². The molecule has 0 aliphatic rings. The molecule has 0 bridgehead atoms. The molecule has 1 heterocycles. The summed E-state index contributed by atoms with van der Waals surface area (Å²) in [4.78, 5) is 15.2. The number of aromatic nitrogens is 3. The average Bonchev–Trinajstić information content (AvgIpc) is 2.56. The van der Waals surface area contributed by atoms with Gasteiger partial charge in [0.1, 0.15) is 5.82 Å².